The zero-order chi connectivity index (χ0) is 23.7. The van der Waals surface area contributed by atoms with Crippen LogP contribution in [0.15, 0.2) is 54.7 Å². The highest BCUT2D eigenvalue weighted by Crippen LogP contribution is 2.38. The molecular weight excluding hydrogens is 431 g/mol. The molecule has 1 aromatic heterocycles. The minimum absolute atomic E-state index is 0.0445. The average Bonchev–Trinajstić information content (AvgIpc) is 3.35. The quantitative estimate of drug-likeness (QED) is 0.602. The molecule has 7 heteroatoms. The smallest absolute Gasteiger partial charge is 0.226 e. The number of nitrogens with zero attached hydrogens (tertiary/aromatic N) is 4. The van der Waals surface area contributed by atoms with E-state index in [1.807, 2.05) is 11.8 Å². The van der Waals surface area contributed by atoms with E-state index < -0.39 is 12.1 Å². The summed E-state index contributed by atoms with van der Waals surface area (Å²) in [5.74, 6) is -0.0815. The lowest BCUT2D eigenvalue weighted by molar-refractivity contribution is -0.144. The van der Waals surface area contributed by atoms with Gasteiger partial charge in [0.15, 0.2) is 0 Å². The van der Waals surface area contributed by atoms with Crippen LogP contribution in [-0.2, 0) is 4.79 Å². The molecule has 6 nitrogen and oxygen atoms in total. The molecule has 1 N–H and O–H groups in total. The molecule has 1 amide bonds. The van der Waals surface area contributed by atoms with Gasteiger partial charge < -0.3 is 10.0 Å². The Morgan fingerprint density at radius 2 is 1.74 bits per heavy atom. The molecule has 1 saturated heterocycles. The van der Waals surface area contributed by atoms with Gasteiger partial charge in [-0.15, -0.1) is 5.10 Å². The number of piperidine rings is 1. The Hall–Kier alpha value is -3.06. The van der Waals surface area contributed by atoms with Crippen molar-refractivity contribution >= 4 is 5.91 Å². The average molecular weight is 463 g/mol. The molecule has 178 valence electrons. The summed E-state index contributed by atoms with van der Waals surface area (Å²) < 4.78 is 15.0. The number of carbonyl (C=O) groups excluding carboxylic acids is 1. The van der Waals surface area contributed by atoms with Gasteiger partial charge in [0.25, 0.3) is 0 Å². The molecule has 3 aromatic rings. The van der Waals surface area contributed by atoms with E-state index in [-0.39, 0.29) is 23.7 Å². The zero-order valence-corrected chi connectivity index (χ0v) is 19.5. The molecule has 1 aliphatic carbocycles. The predicted molar refractivity (Wildman–Crippen MR) is 127 cm³/mol. The summed E-state index contributed by atoms with van der Waals surface area (Å²) in [5.41, 5.74) is 3.58. The lowest BCUT2D eigenvalue weighted by Gasteiger charge is -2.44. The Kier molecular flexibility index (Phi) is 6.46. The number of aryl methyl sites for hydroxylation is 1. The van der Waals surface area contributed by atoms with Crippen molar-refractivity contribution in [3.8, 4) is 11.3 Å². The minimum atomic E-state index is -0.676. The number of rotatable bonds is 4. The van der Waals surface area contributed by atoms with Crippen LogP contribution in [-0.4, -0.2) is 43.6 Å². The van der Waals surface area contributed by atoms with E-state index in [2.05, 4.69) is 34.6 Å². The fraction of sp³-hybridized carbons (Fsp3) is 0.444. The number of aromatic nitrogens is 3. The summed E-state index contributed by atoms with van der Waals surface area (Å²) in [6.07, 6.45) is 6.78. The molecule has 2 fully saturated rings. The topological polar surface area (TPSA) is 71.2 Å². The molecule has 2 heterocycles. The number of amides is 1. The maximum absolute atomic E-state index is 13.7. The molecular formula is C27H31FN4O2. The van der Waals surface area contributed by atoms with Crippen molar-refractivity contribution in [2.45, 2.75) is 63.6 Å². The highest BCUT2D eigenvalue weighted by Gasteiger charge is 2.41. The Morgan fingerprint density at radius 1 is 1.03 bits per heavy atom. The molecule has 0 unspecified atom stereocenters. The Labute approximate surface area is 199 Å². The van der Waals surface area contributed by atoms with Crippen molar-refractivity contribution in [2.24, 2.45) is 5.92 Å². The van der Waals surface area contributed by atoms with Crippen LogP contribution in [0.25, 0.3) is 11.3 Å². The van der Waals surface area contributed by atoms with Gasteiger partial charge in [0, 0.05) is 24.4 Å². The number of hydrogen-bond acceptors (Lipinski definition) is 4. The molecule has 1 saturated carbocycles. The van der Waals surface area contributed by atoms with Crippen LogP contribution in [0, 0.1) is 18.7 Å². The van der Waals surface area contributed by atoms with Gasteiger partial charge in [-0.05, 0) is 49.6 Å². The van der Waals surface area contributed by atoms with Crippen LogP contribution in [0.2, 0.25) is 0 Å². The number of halogens is 1. The van der Waals surface area contributed by atoms with E-state index in [0.717, 1.165) is 36.8 Å². The lowest BCUT2D eigenvalue weighted by atomic mass is 9.85. The van der Waals surface area contributed by atoms with Crippen molar-refractivity contribution in [2.75, 3.05) is 6.54 Å². The Balaban J connectivity index is 1.43. The van der Waals surface area contributed by atoms with Gasteiger partial charge in [0.2, 0.25) is 5.91 Å². The van der Waals surface area contributed by atoms with Crippen molar-refractivity contribution in [3.05, 3.63) is 71.7 Å². The van der Waals surface area contributed by atoms with Crippen molar-refractivity contribution < 1.29 is 14.3 Å². The fourth-order valence-corrected chi connectivity index (χ4v) is 5.35. The van der Waals surface area contributed by atoms with Crippen LogP contribution in [0.1, 0.15) is 61.7 Å². The normalized spacial score (nSPS) is 23.7. The highest BCUT2D eigenvalue weighted by atomic mass is 19.1. The molecule has 3 atom stereocenters. The van der Waals surface area contributed by atoms with Crippen molar-refractivity contribution in [3.63, 3.8) is 0 Å². The van der Waals surface area contributed by atoms with E-state index in [1.54, 1.807) is 23.0 Å². The molecule has 0 spiro atoms. The van der Waals surface area contributed by atoms with Crippen LogP contribution in [0.3, 0.4) is 0 Å². The van der Waals surface area contributed by atoms with E-state index in [0.29, 0.717) is 18.7 Å². The fourth-order valence-electron chi connectivity index (χ4n) is 5.35. The van der Waals surface area contributed by atoms with E-state index in [9.17, 15) is 14.3 Å². The Morgan fingerprint density at radius 3 is 2.44 bits per heavy atom. The first kappa shape index (κ1) is 22.7. The van der Waals surface area contributed by atoms with Crippen LogP contribution in [0.5, 0.6) is 0 Å². The summed E-state index contributed by atoms with van der Waals surface area (Å²) in [4.78, 5) is 15.7. The molecule has 1 aliphatic heterocycles. The number of hydrogen-bond donors (Lipinski definition) is 1. The molecule has 5 rings (SSSR count). The predicted octanol–water partition coefficient (Wildman–Crippen LogP) is 4.85. The van der Waals surface area contributed by atoms with Crippen molar-refractivity contribution in [1.29, 1.82) is 0 Å². The van der Waals surface area contributed by atoms with Gasteiger partial charge in [-0.3, -0.25) is 4.79 Å². The van der Waals surface area contributed by atoms with Gasteiger partial charge in [0.05, 0.1) is 24.4 Å². The lowest BCUT2D eigenvalue weighted by Crippen LogP contribution is -2.50. The number of likely N-dealkylation sites (tertiary alicyclic amines) is 1. The van der Waals surface area contributed by atoms with E-state index in [4.69, 9.17) is 0 Å². The standard InChI is InChI=1S/C27H31FN4O2/c1-18-7-9-20(10-8-18)24-15-26(33)25(17-31(24)27(34)21-5-3-2-4-6-21)32-16-23(29-30-32)19-11-13-22(28)14-12-19/h7-14,16,21,24-26,33H,2-6,15,17H2,1H3/t24-,25-,26-/m1/s1. The maximum Gasteiger partial charge on any atom is 0.226 e. The van der Waals surface area contributed by atoms with Gasteiger partial charge in [-0.25, -0.2) is 9.07 Å². The summed E-state index contributed by atoms with van der Waals surface area (Å²) in [6.45, 7) is 2.42. The van der Waals surface area contributed by atoms with Crippen LogP contribution in [0.4, 0.5) is 4.39 Å². The van der Waals surface area contributed by atoms with E-state index in [1.165, 1.54) is 24.1 Å². The summed E-state index contributed by atoms with van der Waals surface area (Å²) >= 11 is 0. The van der Waals surface area contributed by atoms with Crippen LogP contribution >= 0.6 is 0 Å². The highest BCUT2D eigenvalue weighted by molar-refractivity contribution is 5.79. The largest absolute Gasteiger partial charge is 0.391 e. The van der Waals surface area contributed by atoms with E-state index >= 15 is 0 Å². The second kappa shape index (κ2) is 9.66. The maximum atomic E-state index is 13.7. The zero-order valence-electron chi connectivity index (χ0n) is 19.5. The van der Waals surface area contributed by atoms with Gasteiger partial charge in [-0.2, -0.15) is 0 Å². The number of aliphatic hydroxyl groups is 1. The van der Waals surface area contributed by atoms with Gasteiger partial charge in [0.1, 0.15) is 11.5 Å². The number of aliphatic hydroxyl groups excluding tert-OH is 1. The number of benzene rings is 2. The number of carbonyl (C=O) groups is 1. The first-order valence-electron chi connectivity index (χ1n) is 12.2. The third kappa shape index (κ3) is 4.62. The molecule has 0 radical (unpaired) electrons. The molecule has 34 heavy (non-hydrogen) atoms. The van der Waals surface area contributed by atoms with Crippen molar-refractivity contribution in [1.82, 2.24) is 19.9 Å². The second-order valence-corrected chi connectivity index (χ2v) is 9.71. The first-order chi connectivity index (χ1) is 16.5. The van der Waals surface area contributed by atoms with Crippen LogP contribution < -0.4 is 0 Å². The van der Waals surface area contributed by atoms with Gasteiger partial charge in [-0.1, -0.05) is 54.3 Å². The summed E-state index contributed by atoms with van der Waals surface area (Å²) in [7, 11) is 0. The monoisotopic (exact) mass is 462 g/mol. The summed E-state index contributed by atoms with van der Waals surface area (Å²) in [6, 6.07) is 13.8. The third-order valence-corrected chi connectivity index (χ3v) is 7.36. The first-order valence-corrected chi connectivity index (χ1v) is 12.2. The second-order valence-electron chi connectivity index (χ2n) is 9.71. The summed E-state index contributed by atoms with van der Waals surface area (Å²) in [5, 5.41) is 19.7. The third-order valence-electron chi connectivity index (χ3n) is 7.36. The molecule has 0 bridgehead atoms. The molecule has 2 aromatic carbocycles. The van der Waals surface area contributed by atoms with Gasteiger partial charge >= 0.3 is 0 Å². The molecule has 2 aliphatic rings. The Bertz CT molecular complexity index is 1120. The minimum Gasteiger partial charge on any atom is -0.391 e. The SMILES string of the molecule is Cc1ccc([C@H]2C[C@@H](O)[C@H](n3cc(-c4ccc(F)cc4)nn3)CN2C(=O)C2CCCCC2)cc1.